The minimum absolute atomic E-state index is 0. The molecule has 0 atom stereocenters. The van der Waals surface area contributed by atoms with Crippen molar-refractivity contribution in [2.45, 2.75) is 0 Å². The first-order valence-electron chi connectivity index (χ1n) is 0.600. The van der Waals surface area contributed by atoms with Crippen LogP contribution in [0, 0.1) is 0 Å². The second kappa shape index (κ2) is 9.71. The first kappa shape index (κ1) is 15.6. The van der Waals surface area contributed by atoms with E-state index in [9.17, 15) is 0 Å². The molecule has 2 radical (unpaired) electrons. The first-order chi connectivity index (χ1) is 1.73. The quantitative estimate of drug-likeness (QED) is 0.316. The van der Waals surface area contributed by atoms with Crippen LogP contribution >= 0.6 is 18.5 Å². The van der Waals surface area contributed by atoms with E-state index in [1.54, 1.807) is 0 Å². The van der Waals surface area contributed by atoms with Crippen LogP contribution < -0.4 is 0 Å². The van der Waals surface area contributed by atoms with Gasteiger partial charge in [0.05, 0.1) is 0 Å². The smallest absolute Gasteiger partial charge is 0.328 e. The molecule has 0 bridgehead atoms. The number of hydrogen-bond donors (Lipinski definition) is 3. The second-order valence-corrected chi connectivity index (χ2v) is 0.805. The topological polar surface area (TPSA) is 60.7 Å². The molecule has 0 amide bonds. The summed E-state index contributed by atoms with van der Waals surface area (Å²) in [5.74, 6) is 0. The Kier molecular flexibility index (Phi) is 25.3. The average Bonchev–Trinajstić information content (AvgIpc) is 0.811. The van der Waals surface area contributed by atoms with E-state index in [1.807, 2.05) is 0 Å². The van der Waals surface area contributed by atoms with Crippen molar-refractivity contribution < 1.29 is 14.7 Å². The summed E-state index contributed by atoms with van der Waals surface area (Å²) in [7, 11) is -2.62. The third kappa shape index (κ3) is 49.3. The van der Waals surface area contributed by atoms with Gasteiger partial charge in [-0.25, -0.2) is 0 Å². The van der Waals surface area contributed by atoms with Crippen LogP contribution in [0.15, 0.2) is 0 Å². The van der Waals surface area contributed by atoms with Gasteiger partial charge in [0.25, 0.3) is 0 Å². The molecule has 0 aromatic rings. The van der Waals surface area contributed by atoms with Gasteiger partial charge in [0, 0.05) is 0 Å². The molecule has 0 heterocycles. The maximum absolute atomic E-state index is 7.23. The van der Waals surface area contributed by atoms with Crippen molar-refractivity contribution >= 4 is 41.6 Å². The minimum Gasteiger partial charge on any atom is -0.328 e. The van der Waals surface area contributed by atoms with Gasteiger partial charge in [0.15, 0.2) is 0 Å². The van der Waals surface area contributed by atoms with E-state index in [0.29, 0.717) is 0 Å². The van der Waals surface area contributed by atoms with E-state index in [0.717, 1.165) is 0 Å². The Bertz CT molecular complexity index is 13.5. The molecule has 0 unspecified atom stereocenters. The zero-order valence-electron chi connectivity index (χ0n) is 2.94. The molecule has 0 rings (SSSR count). The summed E-state index contributed by atoms with van der Waals surface area (Å²) in [6, 6.07) is 0. The predicted octanol–water partition coefficient (Wildman–Crippen LogP) is -0.329. The van der Waals surface area contributed by atoms with Crippen molar-refractivity contribution in [1.82, 2.24) is 0 Å². The van der Waals surface area contributed by atoms with E-state index in [1.165, 1.54) is 0 Å². The third-order valence-corrected chi connectivity index (χ3v) is 0. The van der Waals surface area contributed by atoms with Gasteiger partial charge in [-0.1, -0.05) is 0 Å². The summed E-state index contributed by atoms with van der Waals surface area (Å²) in [4.78, 5) is 21.7. The van der Waals surface area contributed by atoms with Gasteiger partial charge in [0.1, 0.15) is 0 Å². The van der Waals surface area contributed by atoms with Gasteiger partial charge in [-0.2, -0.15) is 0 Å². The van der Waals surface area contributed by atoms with Crippen LogP contribution in [0.2, 0.25) is 0 Å². The van der Waals surface area contributed by atoms with Crippen LogP contribution in [0.5, 0.6) is 0 Å². The molecule has 28 valence electrons. The summed E-state index contributed by atoms with van der Waals surface area (Å²) in [6.45, 7) is 0. The van der Waals surface area contributed by atoms with Gasteiger partial charge < -0.3 is 14.7 Å². The maximum atomic E-state index is 7.23. The molecule has 0 fully saturated rings. The SMILES string of the molecule is OP(O)O.[Mg+2].[P+3]. The Hall–Kier alpha value is 1.51. The molecule has 3 N–H and O–H groups in total. The van der Waals surface area contributed by atoms with Crippen LogP contribution in [-0.4, -0.2) is 37.7 Å². The van der Waals surface area contributed by atoms with Crippen molar-refractivity contribution in [3.63, 3.8) is 0 Å². The van der Waals surface area contributed by atoms with Crippen molar-refractivity contribution in [2.75, 3.05) is 0 Å². The summed E-state index contributed by atoms with van der Waals surface area (Å²) in [5, 5.41) is 0. The fraction of sp³-hybridized carbons (Fsp3) is 0. The van der Waals surface area contributed by atoms with Crippen LogP contribution in [-0.2, 0) is 0 Å². The number of rotatable bonds is 0. The van der Waals surface area contributed by atoms with Gasteiger partial charge in [-0.15, -0.1) is 0 Å². The third-order valence-electron chi connectivity index (χ3n) is 0. The summed E-state index contributed by atoms with van der Waals surface area (Å²) in [5.41, 5.74) is 0. The molecule has 0 spiro atoms. The Labute approximate surface area is 56.5 Å². The fourth-order valence-corrected chi connectivity index (χ4v) is 0. The van der Waals surface area contributed by atoms with Crippen LogP contribution in [0.4, 0.5) is 0 Å². The zero-order chi connectivity index (χ0) is 3.58. The standard InChI is InChI=1S/Mg.H3O3P.P/c;1-4(2)3;/h;1-3H;/q+2;;+3. The second-order valence-electron chi connectivity index (χ2n) is 0.268. The summed E-state index contributed by atoms with van der Waals surface area (Å²) in [6.07, 6.45) is 0. The van der Waals surface area contributed by atoms with E-state index in [-0.39, 0.29) is 33.0 Å². The average molecular weight is 137 g/mol. The van der Waals surface area contributed by atoms with Gasteiger partial charge in [0.2, 0.25) is 0 Å². The molecular weight excluding hydrogens is 134 g/mol. The largest absolute Gasteiger partial charge is 3.00 e. The fourth-order valence-electron chi connectivity index (χ4n) is 0. The Morgan fingerprint density at radius 1 is 1.00 bits per heavy atom. The zero-order valence-corrected chi connectivity index (χ0v) is 6.15. The molecule has 0 aromatic carbocycles. The molecule has 6 heteroatoms. The maximum Gasteiger partial charge on any atom is 3.00 e. The van der Waals surface area contributed by atoms with Crippen LogP contribution in [0.1, 0.15) is 0 Å². The molecule has 0 aromatic heterocycles. The van der Waals surface area contributed by atoms with Crippen LogP contribution in [0.25, 0.3) is 0 Å². The molecule has 0 aliphatic heterocycles. The molecule has 0 aliphatic rings. The van der Waals surface area contributed by atoms with Gasteiger partial charge in [-0.3, -0.25) is 0 Å². The Morgan fingerprint density at radius 2 is 1.00 bits per heavy atom. The molecular formula is H3MgO3P2+5. The van der Waals surface area contributed by atoms with Gasteiger partial charge in [-0.05, 0) is 0 Å². The van der Waals surface area contributed by atoms with E-state index < -0.39 is 8.60 Å². The van der Waals surface area contributed by atoms with Gasteiger partial charge >= 0.3 is 41.6 Å². The molecule has 6 heavy (non-hydrogen) atoms. The van der Waals surface area contributed by atoms with Crippen molar-refractivity contribution in [3.8, 4) is 0 Å². The van der Waals surface area contributed by atoms with E-state index in [2.05, 4.69) is 0 Å². The Balaban J connectivity index is -0.0000000450. The molecule has 3 nitrogen and oxygen atoms in total. The minimum atomic E-state index is -2.62. The van der Waals surface area contributed by atoms with Crippen molar-refractivity contribution in [3.05, 3.63) is 0 Å². The first-order valence-corrected chi connectivity index (χ1v) is 1.80. The molecule has 0 saturated carbocycles. The normalized spacial score (nSPS) is 6.00. The summed E-state index contributed by atoms with van der Waals surface area (Å²) >= 11 is 0. The van der Waals surface area contributed by atoms with Crippen molar-refractivity contribution in [2.24, 2.45) is 0 Å². The van der Waals surface area contributed by atoms with E-state index in [4.69, 9.17) is 14.7 Å². The monoisotopic (exact) mass is 137 g/mol. The number of hydrogen-bond acceptors (Lipinski definition) is 3. The predicted molar refractivity (Wildman–Crippen MR) is 26.3 cm³/mol. The van der Waals surface area contributed by atoms with E-state index >= 15 is 0 Å². The van der Waals surface area contributed by atoms with Crippen molar-refractivity contribution in [1.29, 1.82) is 0 Å². The molecule has 0 aliphatic carbocycles. The van der Waals surface area contributed by atoms with Crippen LogP contribution in [0.3, 0.4) is 0 Å². The Morgan fingerprint density at radius 3 is 1.00 bits per heavy atom. The summed E-state index contributed by atoms with van der Waals surface area (Å²) < 4.78 is 0. The molecule has 0 saturated heterocycles.